The second-order valence-electron chi connectivity index (χ2n) is 5.10. The monoisotopic (exact) mass is 230 g/mol. The first-order valence-electron chi connectivity index (χ1n) is 6.16. The van der Waals surface area contributed by atoms with Crippen LogP contribution in [-0.4, -0.2) is 10.00 Å². The highest BCUT2D eigenvalue weighted by atomic mass is 32.2. The second kappa shape index (κ2) is 3.66. The fourth-order valence-corrected chi connectivity index (χ4v) is 4.46. The molecule has 1 heteroatoms. The van der Waals surface area contributed by atoms with Gasteiger partial charge in [-0.25, -0.2) is 0 Å². The minimum Gasteiger partial charge on any atom is -0.147 e. The van der Waals surface area contributed by atoms with Crippen molar-refractivity contribution in [1.82, 2.24) is 0 Å². The number of benzene rings is 1. The van der Waals surface area contributed by atoms with Crippen molar-refractivity contribution in [2.24, 2.45) is 5.92 Å². The van der Waals surface area contributed by atoms with Crippen molar-refractivity contribution in [3.8, 4) is 0 Å². The van der Waals surface area contributed by atoms with E-state index in [4.69, 9.17) is 0 Å². The molecule has 0 aromatic heterocycles. The first-order valence-corrected chi connectivity index (χ1v) is 7.04. The molecule has 1 aliphatic carbocycles. The zero-order valence-corrected chi connectivity index (χ0v) is 10.8. The molecule has 0 nitrogen and oxygen atoms in total. The van der Waals surface area contributed by atoms with Gasteiger partial charge in [0.15, 0.2) is 0 Å². The molecule has 1 aromatic rings. The lowest BCUT2D eigenvalue weighted by Crippen LogP contribution is -2.24. The van der Waals surface area contributed by atoms with Crippen LogP contribution >= 0.6 is 11.8 Å². The Bertz CT molecular complexity index is 414. The van der Waals surface area contributed by atoms with E-state index in [0.29, 0.717) is 10.00 Å². The molecule has 1 saturated carbocycles. The molecule has 0 N–H and O–H groups in total. The average molecular weight is 230 g/mol. The Kier molecular flexibility index (Phi) is 2.39. The van der Waals surface area contributed by atoms with E-state index in [1.54, 1.807) is 5.57 Å². The molecule has 1 fully saturated rings. The maximum Gasteiger partial charge on any atom is 0.0232 e. The van der Waals surface area contributed by atoms with Crippen LogP contribution in [0.3, 0.4) is 0 Å². The van der Waals surface area contributed by atoms with E-state index in [1.807, 2.05) is 0 Å². The van der Waals surface area contributed by atoms with Gasteiger partial charge in [-0.1, -0.05) is 43.3 Å². The fourth-order valence-electron chi connectivity index (χ4n) is 2.84. The van der Waals surface area contributed by atoms with Crippen LogP contribution in [0.5, 0.6) is 0 Å². The zero-order chi connectivity index (χ0) is 11.2. The SMILES string of the molecule is CC1C=C(c2ccccc2)C(C)C2(CC2)S1. The van der Waals surface area contributed by atoms with Gasteiger partial charge in [0, 0.05) is 10.00 Å². The van der Waals surface area contributed by atoms with Crippen LogP contribution < -0.4 is 0 Å². The van der Waals surface area contributed by atoms with Gasteiger partial charge in [-0.2, -0.15) is 0 Å². The van der Waals surface area contributed by atoms with Crippen LogP contribution in [0.15, 0.2) is 36.4 Å². The van der Waals surface area contributed by atoms with Gasteiger partial charge in [0.2, 0.25) is 0 Å². The Balaban J connectivity index is 2.00. The number of hydrogen-bond donors (Lipinski definition) is 0. The highest BCUT2D eigenvalue weighted by Gasteiger charge is 2.51. The summed E-state index contributed by atoms with van der Waals surface area (Å²) in [7, 11) is 0. The van der Waals surface area contributed by atoms with Crippen LogP contribution in [0.4, 0.5) is 0 Å². The van der Waals surface area contributed by atoms with Crippen LogP contribution in [0.1, 0.15) is 32.3 Å². The van der Waals surface area contributed by atoms with Crippen molar-refractivity contribution in [2.75, 3.05) is 0 Å². The van der Waals surface area contributed by atoms with Crippen molar-refractivity contribution in [3.63, 3.8) is 0 Å². The Hall–Kier alpha value is -0.690. The van der Waals surface area contributed by atoms with Crippen molar-refractivity contribution in [2.45, 2.75) is 36.7 Å². The molecule has 1 spiro atoms. The minimum absolute atomic E-state index is 0.583. The fraction of sp³-hybridized carbons (Fsp3) is 0.467. The molecule has 84 valence electrons. The first kappa shape index (κ1) is 10.5. The third kappa shape index (κ3) is 1.62. The highest BCUT2D eigenvalue weighted by Crippen LogP contribution is 2.61. The first-order chi connectivity index (χ1) is 7.71. The lowest BCUT2D eigenvalue weighted by Gasteiger charge is -2.33. The maximum absolute atomic E-state index is 2.47. The molecule has 0 amide bonds. The van der Waals surface area contributed by atoms with E-state index < -0.39 is 0 Å². The molecular weight excluding hydrogens is 212 g/mol. The molecular formula is C15H18S. The van der Waals surface area contributed by atoms with Crippen LogP contribution in [0.25, 0.3) is 5.57 Å². The largest absolute Gasteiger partial charge is 0.147 e. The number of hydrogen-bond acceptors (Lipinski definition) is 1. The third-order valence-electron chi connectivity index (χ3n) is 3.94. The lowest BCUT2D eigenvalue weighted by atomic mass is 9.88. The standard InChI is InChI=1S/C15H18S/c1-11-10-14(13-6-4-3-5-7-13)12(2)15(16-11)8-9-15/h3-7,10-12H,8-9H2,1-2H3. The molecule has 2 atom stereocenters. The summed E-state index contributed by atoms with van der Waals surface area (Å²) in [5, 5.41) is 0.675. The average Bonchev–Trinajstić information content (AvgIpc) is 3.06. The van der Waals surface area contributed by atoms with Gasteiger partial charge in [-0.3, -0.25) is 0 Å². The lowest BCUT2D eigenvalue weighted by molar-refractivity contribution is 0.679. The summed E-state index contributed by atoms with van der Waals surface area (Å²) in [5.74, 6) is 0.719. The van der Waals surface area contributed by atoms with E-state index in [9.17, 15) is 0 Å². The predicted octanol–water partition coefficient (Wildman–Crippen LogP) is 4.37. The predicted molar refractivity (Wildman–Crippen MR) is 72.6 cm³/mol. The van der Waals surface area contributed by atoms with Crippen LogP contribution in [0, 0.1) is 5.92 Å². The normalized spacial score (nSPS) is 31.2. The van der Waals surface area contributed by atoms with Crippen molar-refractivity contribution >= 4 is 17.3 Å². The summed E-state index contributed by atoms with van der Waals surface area (Å²) in [6.45, 7) is 4.74. The summed E-state index contributed by atoms with van der Waals surface area (Å²) in [5.41, 5.74) is 3.00. The summed E-state index contributed by atoms with van der Waals surface area (Å²) in [6, 6.07) is 10.9. The van der Waals surface area contributed by atoms with E-state index >= 15 is 0 Å². The van der Waals surface area contributed by atoms with E-state index in [2.05, 4.69) is 62.0 Å². The Labute approximate surface area is 102 Å². The van der Waals surface area contributed by atoms with Crippen molar-refractivity contribution in [1.29, 1.82) is 0 Å². The van der Waals surface area contributed by atoms with Gasteiger partial charge in [0.1, 0.15) is 0 Å². The maximum atomic E-state index is 2.47. The molecule has 2 unspecified atom stereocenters. The van der Waals surface area contributed by atoms with E-state index in [-0.39, 0.29) is 0 Å². The van der Waals surface area contributed by atoms with Gasteiger partial charge in [-0.15, -0.1) is 11.8 Å². The van der Waals surface area contributed by atoms with Crippen molar-refractivity contribution < 1.29 is 0 Å². The molecule has 1 aromatic carbocycles. The van der Waals surface area contributed by atoms with Gasteiger partial charge >= 0.3 is 0 Å². The molecule has 0 saturated heterocycles. The highest BCUT2D eigenvalue weighted by molar-refractivity contribution is 8.01. The summed E-state index contributed by atoms with van der Waals surface area (Å²) in [6.07, 6.45) is 5.29. The summed E-state index contributed by atoms with van der Waals surface area (Å²) in [4.78, 5) is 0. The topological polar surface area (TPSA) is 0 Å². The quantitative estimate of drug-likeness (QED) is 0.690. The van der Waals surface area contributed by atoms with E-state index in [1.165, 1.54) is 18.4 Å². The zero-order valence-electron chi connectivity index (χ0n) is 9.94. The Morgan fingerprint density at radius 2 is 1.81 bits per heavy atom. The molecule has 2 aliphatic rings. The summed E-state index contributed by atoms with van der Waals surface area (Å²) >= 11 is 2.18. The van der Waals surface area contributed by atoms with E-state index in [0.717, 1.165) is 5.92 Å². The second-order valence-corrected chi connectivity index (χ2v) is 6.89. The van der Waals surface area contributed by atoms with Gasteiger partial charge in [0.05, 0.1) is 0 Å². The molecule has 0 bridgehead atoms. The van der Waals surface area contributed by atoms with Gasteiger partial charge in [-0.05, 0) is 36.8 Å². The molecule has 1 aliphatic heterocycles. The van der Waals surface area contributed by atoms with Gasteiger partial charge < -0.3 is 0 Å². The van der Waals surface area contributed by atoms with Gasteiger partial charge in [0.25, 0.3) is 0 Å². The number of allylic oxidation sites excluding steroid dienone is 1. The van der Waals surface area contributed by atoms with Crippen molar-refractivity contribution in [3.05, 3.63) is 42.0 Å². The van der Waals surface area contributed by atoms with Crippen LogP contribution in [-0.2, 0) is 0 Å². The molecule has 1 heterocycles. The molecule has 3 rings (SSSR count). The molecule has 16 heavy (non-hydrogen) atoms. The number of rotatable bonds is 1. The Morgan fingerprint density at radius 3 is 2.44 bits per heavy atom. The smallest absolute Gasteiger partial charge is 0.0232 e. The van der Waals surface area contributed by atoms with Crippen LogP contribution in [0.2, 0.25) is 0 Å². The Morgan fingerprint density at radius 1 is 1.12 bits per heavy atom. The minimum atomic E-state index is 0.583. The summed E-state index contributed by atoms with van der Waals surface area (Å²) < 4.78 is 0.583. The third-order valence-corrected chi connectivity index (χ3v) is 5.68. The molecule has 0 radical (unpaired) electrons. The number of thioether (sulfide) groups is 1.